The van der Waals surface area contributed by atoms with Gasteiger partial charge in [-0.1, -0.05) is 24.3 Å². The highest BCUT2D eigenvalue weighted by molar-refractivity contribution is 5.73. The van der Waals surface area contributed by atoms with E-state index in [4.69, 9.17) is 4.74 Å². The quantitative estimate of drug-likeness (QED) is 0.827. The summed E-state index contributed by atoms with van der Waals surface area (Å²) in [5.74, 6) is -0.900. The molecular formula is C15H18O3. The molecule has 18 heavy (non-hydrogen) atoms. The molecule has 1 atom stereocenters. The molecule has 3 heteroatoms. The van der Waals surface area contributed by atoms with Crippen molar-refractivity contribution in [3.8, 4) is 0 Å². The van der Waals surface area contributed by atoms with Crippen molar-refractivity contribution >= 4 is 5.97 Å². The van der Waals surface area contributed by atoms with Gasteiger partial charge in [-0.3, -0.25) is 4.79 Å². The second kappa shape index (κ2) is 4.39. The zero-order valence-electron chi connectivity index (χ0n) is 10.4. The summed E-state index contributed by atoms with van der Waals surface area (Å²) >= 11 is 0. The van der Waals surface area contributed by atoms with E-state index in [0.717, 1.165) is 25.7 Å². The number of benzene rings is 1. The molecule has 0 aromatic heterocycles. The van der Waals surface area contributed by atoms with Crippen molar-refractivity contribution in [2.24, 2.45) is 5.92 Å². The number of carboxylic acids is 1. The lowest BCUT2D eigenvalue weighted by Crippen LogP contribution is -2.47. The Kier molecular flexibility index (Phi) is 2.86. The molecule has 0 bridgehead atoms. The molecule has 3 nitrogen and oxygen atoms in total. The fourth-order valence-corrected chi connectivity index (χ4v) is 3.70. The van der Waals surface area contributed by atoms with Crippen LogP contribution in [0.15, 0.2) is 24.3 Å². The standard InChI is InChI=1S/C15H18O3/c16-14(17)13-6-5-11-3-1-2-4-12(11)15(13)7-9-18-10-8-15/h1-4,13H,5-10H2,(H,16,17). The van der Waals surface area contributed by atoms with Crippen molar-refractivity contribution < 1.29 is 14.6 Å². The van der Waals surface area contributed by atoms with E-state index in [0.29, 0.717) is 13.2 Å². The Bertz CT molecular complexity index is 461. The van der Waals surface area contributed by atoms with Crippen LogP contribution in [0.4, 0.5) is 0 Å². The van der Waals surface area contributed by atoms with Gasteiger partial charge in [0.1, 0.15) is 0 Å². The molecule has 1 aliphatic carbocycles. The molecule has 1 aromatic carbocycles. The lowest BCUT2D eigenvalue weighted by molar-refractivity contribution is -0.147. The summed E-state index contributed by atoms with van der Waals surface area (Å²) in [7, 11) is 0. The van der Waals surface area contributed by atoms with Crippen LogP contribution < -0.4 is 0 Å². The van der Waals surface area contributed by atoms with Gasteiger partial charge in [0.25, 0.3) is 0 Å². The Hall–Kier alpha value is -1.35. The maximum atomic E-state index is 11.6. The first-order valence-electron chi connectivity index (χ1n) is 6.63. The van der Waals surface area contributed by atoms with E-state index >= 15 is 0 Å². The van der Waals surface area contributed by atoms with E-state index in [1.54, 1.807) is 0 Å². The topological polar surface area (TPSA) is 46.5 Å². The van der Waals surface area contributed by atoms with Gasteiger partial charge in [-0.05, 0) is 36.8 Å². The van der Waals surface area contributed by atoms with Crippen molar-refractivity contribution in [2.45, 2.75) is 31.1 Å². The monoisotopic (exact) mass is 246 g/mol. The van der Waals surface area contributed by atoms with Crippen LogP contribution >= 0.6 is 0 Å². The van der Waals surface area contributed by atoms with Gasteiger partial charge in [-0.15, -0.1) is 0 Å². The predicted octanol–water partition coefficient (Wildman–Crippen LogP) is 2.38. The van der Waals surface area contributed by atoms with Crippen molar-refractivity contribution in [1.29, 1.82) is 0 Å². The number of carbonyl (C=O) groups is 1. The van der Waals surface area contributed by atoms with Gasteiger partial charge in [0, 0.05) is 18.6 Å². The summed E-state index contributed by atoms with van der Waals surface area (Å²) in [6.07, 6.45) is 3.31. The van der Waals surface area contributed by atoms with Crippen LogP contribution in [0.1, 0.15) is 30.4 Å². The molecule has 1 N–H and O–H groups in total. The maximum Gasteiger partial charge on any atom is 0.307 e. The van der Waals surface area contributed by atoms with E-state index in [1.165, 1.54) is 11.1 Å². The highest BCUT2D eigenvalue weighted by atomic mass is 16.5. The van der Waals surface area contributed by atoms with Crippen LogP contribution in [0, 0.1) is 5.92 Å². The first-order chi connectivity index (χ1) is 8.74. The smallest absolute Gasteiger partial charge is 0.307 e. The van der Waals surface area contributed by atoms with Crippen LogP contribution in [-0.2, 0) is 21.4 Å². The van der Waals surface area contributed by atoms with Crippen LogP contribution in [-0.4, -0.2) is 24.3 Å². The minimum Gasteiger partial charge on any atom is -0.481 e. The number of hydrogen-bond donors (Lipinski definition) is 1. The van der Waals surface area contributed by atoms with E-state index < -0.39 is 5.97 Å². The molecule has 1 saturated heterocycles. The Balaban J connectivity index is 2.11. The summed E-state index contributed by atoms with van der Waals surface area (Å²) in [6, 6.07) is 8.34. The summed E-state index contributed by atoms with van der Waals surface area (Å²) in [5.41, 5.74) is 2.39. The molecule has 1 aromatic rings. The molecule has 1 unspecified atom stereocenters. The third-order valence-electron chi connectivity index (χ3n) is 4.61. The molecular weight excluding hydrogens is 228 g/mol. The number of aliphatic carboxylic acids is 1. The zero-order chi connectivity index (χ0) is 12.6. The van der Waals surface area contributed by atoms with Gasteiger partial charge in [0.2, 0.25) is 0 Å². The van der Waals surface area contributed by atoms with Crippen molar-refractivity contribution in [1.82, 2.24) is 0 Å². The normalized spacial score (nSPS) is 25.7. The molecule has 0 saturated carbocycles. The second-order valence-corrected chi connectivity index (χ2v) is 5.36. The van der Waals surface area contributed by atoms with Gasteiger partial charge in [-0.2, -0.15) is 0 Å². The first-order valence-corrected chi connectivity index (χ1v) is 6.63. The lowest BCUT2D eigenvalue weighted by atomic mass is 9.59. The summed E-state index contributed by atoms with van der Waals surface area (Å²) in [6.45, 7) is 1.36. The van der Waals surface area contributed by atoms with E-state index in [9.17, 15) is 9.90 Å². The molecule has 1 fully saturated rings. The summed E-state index contributed by atoms with van der Waals surface area (Å²) < 4.78 is 5.45. The number of fused-ring (bicyclic) bond motifs is 2. The molecule has 3 rings (SSSR count). The average molecular weight is 246 g/mol. The third kappa shape index (κ3) is 1.65. The second-order valence-electron chi connectivity index (χ2n) is 5.36. The highest BCUT2D eigenvalue weighted by Gasteiger charge is 2.48. The molecule has 0 radical (unpaired) electrons. The largest absolute Gasteiger partial charge is 0.481 e. The number of ether oxygens (including phenoxy) is 1. The summed E-state index contributed by atoms with van der Waals surface area (Å²) in [4.78, 5) is 11.6. The van der Waals surface area contributed by atoms with Crippen molar-refractivity contribution in [2.75, 3.05) is 13.2 Å². The van der Waals surface area contributed by atoms with Gasteiger partial charge < -0.3 is 9.84 Å². The molecule has 96 valence electrons. The Morgan fingerprint density at radius 2 is 2.00 bits per heavy atom. The SMILES string of the molecule is O=C(O)C1CCc2ccccc2C12CCOCC2. The number of carboxylic acid groups (broad SMARTS) is 1. The fraction of sp³-hybridized carbons (Fsp3) is 0.533. The lowest BCUT2D eigenvalue weighted by Gasteiger charge is -2.46. The van der Waals surface area contributed by atoms with E-state index in [-0.39, 0.29) is 11.3 Å². The molecule has 0 amide bonds. The highest BCUT2D eigenvalue weighted by Crippen LogP contribution is 2.48. The number of rotatable bonds is 1. The van der Waals surface area contributed by atoms with Crippen molar-refractivity contribution in [3.63, 3.8) is 0 Å². The van der Waals surface area contributed by atoms with E-state index in [1.807, 2.05) is 12.1 Å². The van der Waals surface area contributed by atoms with Gasteiger partial charge in [-0.25, -0.2) is 0 Å². The number of aryl methyl sites for hydroxylation is 1. The van der Waals surface area contributed by atoms with Crippen LogP contribution in [0.5, 0.6) is 0 Å². The Morgan fingerprint density at radius 1 is 1.28 bits per heavy atom. The van der Waals surface area contributed by atoms with Crippen molar-refractivity contribution in [3.05, 3.63) is 35.4 Å². The van der Waals surface area contributed by atoms with Crippen LogP contribution in [0.25, 0.3) is 0 Å². The number of hydrogen-bond acceptors (Lipinski definition) is 2. The Morgan fingerprint density at radius 3 is 2.72 bits per heavy atom. The van der Waals surface area contributed by atoms with Gasteiger partial charge in [0.15, 0.2) is 0 Å². The van der Waals surface area contributed by atoms with E-state index in [2.05, 4.69) is 12.1 Å². The van der Waals surface area contributed by atoms with Gasteiger partial charge in [0.05, 0.1) is 5.92 Å². The average Bonchev–Trinajstić information content (AvgIpc) is 2.40. The zero-order valence-corrected chi connectivity index (χ0v) is 10.4. The molecule has 1 spiro atoms. The minimum atomic E-state index is -0.647. The molecule has 1 heterocycles. The van der Waals surface area contributed by atoms with Crippen LogP contribution in [0.2, 0.25) is 0 Å². The maximum absolute atomic E-state index is 11.6. The third-order valence-corrected chi connectivity index (χ3v) is 4.61. The van der Waals surface area contributed by atoms with Gasteiger partial charge >= 0.3 is 5.97 Å². The minimum absolute atomic E-state index is 0.196. The molecule has 1 aliphatic heterocycles. The van der Waals surface area contributed by atoms with Crippen LogP contribution in [0.3, 0.4) is 0 Å². The summed E-state index contributed by atoms with van der Waals surface area (Å²) in [5, 5.41) is 9.54. The molecule has 2 aliphatic rings. The first kappa shape index (κ1) is 11.7. The predicted molar refractivity (Wildman–Crippen MR) is 67.6 cm³/mol. The fourth-order valence-electron chi connectivity index (χ4n) is 3.70. The Labute approximate surface area is 107 Å².